The lowest BCUT2D eigenvalue weighted by atomic mass is 10.0. The van der Waals surface area contributed by atoms with Crippen LogP contribution in [0.2, 0.25) is 0 Å². The van der Waals surface area contributed by atoms with Crippen LogP contribution in [-0.4, -0.2) is 28.9 Å². The Balaban J connectivity index is 2.11. The van der Waals surface area contributed by atoms with Gasteiger partial charge in [0.25, 0.3) is 0 Å². The molecule has 15 heavy (non-hydrogen) atoms. The second-order valence-corrected chi connectivity index (χ2v) is 4.21. The summed E-state index contributed by atoms with van der Waals surface area (Å²) in [4.78, 5) is 0. The molecular formula is C11H18N4. The second kappa shape index (κ2) is 4.16. The van der Waals surface area contributed by atoms with Gasteiger partial charge in [0, 0.05) is 32.4 Å². The fourth-order valence-electron chi connectivity index (χ4n) is 2.01. The van der Waals surface area contributed by atoms with Crippen molar-refractivity contribution in [3.63, 3.8) is 0 Å². The van der Waals surface area contributed by atoms with Gasteiger partial charge in [-0.25, -0.2) is 0 Å². The number of aryl methyl sites for hydroxylation is 2. The van der Waals surface area contributed by atoms with Gasteiger partial charge in [-0.2, -0.15) is 5.10 Å². The largest absolute Gasteiger partial charge is 0.323 e. The highest BCUT2D eigenvalue weighted by molar-refractivity contribution is 5.25. The maximum absolute atomic E-state index is 5.86. The first-order valence-corrected chi connectivity index (χ1v) is 5.30. The Kier molecular flexibility index (Phi) is 2.88. The van der Waals surface area contributed by atoms with Crippen molar-refractivity contribution in [1.29, 1.82) is 0 Å². The van der Waals surface area contributed by atoms with Crippen molar-refractivity contribution in [2.45, 2.75) is 19.4 Å². The smallest absolute Gasteiger partial charge is 0.0628 e. The third kappa shape index (κ3) is 2.46. The molecule has 4 nitrogen and oxygen atoms in total. The number of nitrogens with two attached hydrogens (primary N) is 1. The SMILES string of the molecule is Cc1nn(C)cc1CC1=CC(N)CNC1. The molecule has 0 bridgehead atoms. The topological polar surface area (TPSA) is 55.9 Å². The van der Waals surface area contributed by atoms with Gasteiger partial charge in [0.15, 0.2) is 0 Å². The van der Waals surface area contributed by atoms with Crippen molar-refractivity contribution < 1.29 is 0 Å². The van der Waals surface area contributed by atoms with Gasteiger partial charge in [0.1, 0.15) is 0 Å². The van der Waals surface area contributed by atoms with Crippen LogP contribution >= 0.6 is 0 Å². The molecular weight excluding hydrogens is 188 g/mol. The van der Waals surface area contributed by atoms with Gasteiger partial charge in [0.05, 0.1) is 5.69 Å². The predicted molar refractivity (Wildman–Crippen MR) is 60.6 cm³/mol. The fraction of sp³-hybridized carbons (Fsp3) is 0.545. The normalized spacial score (nSPS) is 21.5. The van der Waals surface area contributed by atoms with Gasteiger partial charge in [-0.15, -0.1) is 0 Å². The molecule has 1 aromatic heterocycles. The van der Waals surface area contributed by atoms with E-state index in [4.69, 9.17) is 5.73 Å². The van der Waals surface area contributed by atoms with Gasteiger partial charge >= 0.3 is 0 Å². The minimum Gasteiger partial charge on any atom is -0.323 e. The van der Waals surface area contributed by atoms with Gasteiger partial charge in [-0.05, 0) is 18.9 Å². The van der Waals surface area contributed by atoms with E-state index in [1.165, 1.54) is 11.1 Å². The van der Waals surface area contributed by atoms with Gasteiger partial charge in [-0.3, -0.25) is 4.68 Å². The lowest BCUT2D eigenvalue weighted by molar-refractivity contribution is 0.627. The van der Waals surface area contributed by atoms with E-state index >= 15 is 0 Å². The van der Waals surface area contributed by atoms with E-state index in [1.807, 2.05) is 18.7 Å². The van der Waals surface area contributed by atoms with Crippen molar-refractivity contribution in [2.75, 3.05) is 13.1 Å². The van der Waals surface area contributed by atoms with E-state index < -0.39 is 0 Å². The highest BCUT2D eigenvalue weighted by Gasteiger charge is 2.11. The maximum Gasteiger partial charge on any atom is 0.0628 e. The van der Waals surface area contributed by atoms with Gasteiger partial charge in [-0.1, -0.05) is 11.6 Å². The molecule has 0 aliphatic carbocycles. The summed E-state index contributed by atoms with van der Waals surface area (Å²) < 4.78 is 1.86. The third-order valence-corrected chi connectivity index (χ3v) is 2.71. The van der Waals surface area contributed by atoms with Crippen molar-refractivity contribution in [1.82, 2.24) is 15.1 Å². The summed E-state index contributed by atoms with van der Waals surface area (Å²) in [7, 11) is 1.95. The zero-order valence-corrected chi connectivity index (χ0v) is 9.33. The standard InChI is InChI=1S/C11H18N4/c1-8-10(7-15(2)14-8)3-9-4-11(12)6-13-5-9/h4,7,11,13H,3,5-6,12H2,1-2H3. The summed E-state index contributed by atoms with van der Waals surface area (Å²) in [6.07, 6.45) is 5.21. The van der Waals surface area contributed by atoms with Crippen molar-refractivity contribution in [2.24, 2.45) is 12.8 Å². The minimum absolute atomic E-state index is 0.158. The van der Waals surface area contributed by atoms with Crippen LogP contribution in [0.15, 0.2) is 17.8 Å². The lowest BCUT2D eigenvalue weighted by Crippen LogP contribution is -2.38. The first-order valence-electron chi connectivity index (χ1n) is 5.30. The third-order valence-electron chi connectivity index (χ3n) is 2.71. The Bertz CT molecular complexity index is 378. The number of aromatic nitrogens is 2. The molecule has 4 heteroatoms. The average Bonchev–Trinajstić information content (AvgIpc) is 2.45. The van der Waals surface area contributed by atoms with E-state index in [2.05, 4.69) is 22.7 Å². The fourth-order valence-corrected chi connectivity index (χ4v) is 2.01. The minimum atomic E-state index is 0.158. The Morgan fingerprint density at radius 3 is 3.07 bits per heavy atom. The summed E-state index contributed by atoms with van der Waals surface area (Å²) in [5.41, 5.74) is 9.63. The summed E-state index contributed by atoms with van der Waals surface area (Å²) in [6.45, 7) is 3.88. The molecule has 82 valence electrons. The van der Waals surface area contributed by atoms with Crippen LogP contribution in [0.5, 0.6) is 0 Å². The van der Waals surface area contributed by atoms with Gasteiger partial charge < -0.3 is 11.1 Å². The molecule has 0 fully saturated rings. The summed E-state index contributed by atoms with van der Waals surface area (Å²) >= 11 is 0. The molecule has 1 aliphatic heterocycles. The molecule has 0 saturated heterocycles. The molecule has 1 unspecified atom stereocenters. The highest BCUT2D eigenvalue weighted by Crippen LogP contribution is 2.12. The zero-order chi connectivity index (χ0) is 10.8. The quantitative estimate of drug-likeness (QED) is 0.676. The molecule has 0 amide bonds. The van der Waals surface area contributed by atoms with Gasteiger partial charge in [0.2, 0.25) is 0 Å². The molecule has 1 aliphatic rings. The molecule has 0 saturated carbocycles. The van der Waals surface area contributed by atoms with E-state index in [9.17, 15) is 0 Å². The van der Waals surface area contributed by atoms with Crippen LogP contribution in [0, 0.1) is 6.92 Å². The predicted octanol–water partition coefficient (Wildman–Crippen LogP) is 0.128. The van der Waals surface area contributed by atoms with E-state index in [1.54, 1.807) is 0 Å². The number of rotatable bonds is 2. The van der Waals surface area contributed by atoms with Crippen LogP contribution in [0.1, 0.15) is 11.3 Å². The molecule has 0 radical (unpaired) electrons. The van der Waals surface area contributed by atoms with Crippen LogP contribution in [0.4, 0.5) is 0 Å². The monoisotopic (exact) mass is 206 g/mol. The highest BCUT2D eigenvalue weighted by atomic mass is 15.2. The van der Waals surface area contributed by atoms with E-state index in [0.717, 1.165) is 25.2 Å². The molecule has 1 aromatic rings. The first-order chi connectivity index (χ1) is 7.15. The van der Waals surface area contributed by atoms with E-state index in [0.29, 0.717) is 0 Å². The van der Waals surface area contributed by atoms with Crippen LogP contribution in [0.25, 0.3) is 0 Å². The van der Waals surface area contributed by atoms with Crippen LogP contribution in [0.3, 0.4) is 0 Å². The lowest BCUT2D eigenvalue weighted by Gasteiger charge is -2.18. The average molecular weight is 206 g/mol. The summed E-state index contributed by atoms with van der Waals surface area (Å²) in [5.74, 6) is 0. The second-order valence-electron chi connectivity index (χ2n) is 4.21. The van der Waals surface area contributed by atoms with Crippen molar-refractivity contribution >= 4 is 0 Å². The molecule has 0 aromatic carbocycles. The first kappa shape index (κ1) is 10.4. The number of nitrogens with zero attached hydrogens (tertiary/aromatic N) is 2. The summed E-state index contributed by atoms with van der Waals surface area (Å²) in [6, 6.07) is 0.158. The molecule has 2 heterocycles. The van der Waals surface area contributed by atoms with Crippen molar-refractivity contribution in [3.05, 3.63) is 29.1 Å². The molecule has 2 rings (SSSR count). The Hall–Kier alpha value is -1.13. The molecule has 1 atom stereocenters. The molecule has 0 spiro atoms. The summed E-state index contributed by atoms with van der Waals surface area (Å²) in [5, 5.41) is 7.64. The molecule has 3 N–H and O–H groups in total. The number of nitrogens with one attached hydrogen (secondary N) is 1. The Morgan fingerprint density at radius 2 is 2.47 bits per heavy atom. The number of hydrogen-bond acceptors (Lipinski definition) is 3. The Morgan fingerprint density at radius 1 is 1.67 bits per heavy atom. The van der Waals surface area contributed by atoms with Crippen LogP contribution in [-0.2, 0) is 13.5 Å². The van der Waals surface area contributed by atoms with Crippen LogP contribution < -0.4 is 11.1 Å². The van der Waals surface area contributed by atoms with Crippen molar-refractivity contribution in [3.8, 4) is 0 Å². The maximum atomic E-state index is 5.86. The van der Waals surface area contributed by atoms with E-state index in [-0.39, 0.29) is 6.04 Å². The number of hydrogen-bond donors (Lipinski definition) is 2. The Labute approximate surface area is 90.2 Å². The zero-order valence-electron chi connectivity index (χ0n) is 9.33.